The Morgan fingerprint density at radius 2 is 2.05 bits per heavy atom. The van der Waals surface area contributed by atoms with Crippen molar-refractivity contribution in [3.8, 4) is 5.75 Å². The maximum absolute atomic E-state index is 13.5. The Morgan fingerprint density at radius 1 is 1.33 bits per heavy atom. The lowest BCUT2D eigenvalue weighted by atomic mass is 9.70. The van der Waals surface area contributed by atoms with Gasteiger partial charge in [0.15, 0.2) is 0 Å². The minimum absolute atomic E-state index is 0.196. The van der Waals surface area contributed by atoms with Crippen LogP contribution in [0.1, 0.15) is 58.6 Å². The van der Waals surface area contributed by atoms with E-state index < -0.39 is 0 Å². The topological polar surface area (TPSA) is 35.2 Å². The summed E-state index contributed by atoms with van der Waals surface area (Å²) >= 11 is 0. The minimum atomic E-state index is -0.255. The summed E-state index contributed by atoms with van der Waals surface area (Å²) in [5, 5.41) is 0. The van der Waals surface area contributed by atoms with Crippen LogP contribution in [0, 0.1) is 22.6 Å². The van der Waals surface area contributed by atoms with E-state index in [4.69, 9.17) is 10.5 Å². The second-order valence-corrected chi connectivity index (χ2v) is 7.69. The van der Waals surface area contributed by atoms with Gasteiger partial charge < -0.3 is 10.5 Å². The highest BCUT2D eigenvalue weighted by molar-refractivity contribution is 5.36. The molecule has 2 fully saturated rings. The summed E-state index contributed by atoms with van der Waals surface area (Å²) in [7, 11) is 0. The number of ether oxygens (including phenoxy) is 1. The van der Waals surface area contributed by atoms with Crippen molar-refractivity contribution in [1.29, 1.82) is 0 Å². The average Bonchev–Trinajstić information content (AvgIpc) is 2.73. The SMILES string of the molecule is C[C@@H](N)c1cc(F)ccc1OC1CC2CCC1(C)C2(C)C. The molecule has 0 aliphatic heterocycles. The summed E-state index contributed by atoms with van der Waals surface area (Å²) in [4.78, 5) is 0. The van der Waals surface area contributed by atoms with Crippen molar-refractivity contribution in [2.24, 2.45) is 22.5 Å². The van der Waals surface area contributed by atoms with Gasteiger partial charge in [-0.1, -0.05) is 20.8 Å². The maximum Gasteiger partial charge on any atom is 0.124 e. The molecule has 1 aromatic rings. The molecule has 0 spiro atoms. The van der Waals surface area contributed by atoms with Crippen LogP contribution in [0.25, 0.3) is 0 Å². The van der Waals surface area contributed by atoms with Crippen molar-refractivity contribution in [3.63, 3.8) is 0 Å². The first-order valence-corrected chi connectivity index (χ1v) is 7.97. The number of rotatable bonds is 3. The second kappa shape index (κ2) is 4.70. The lowest BCUT2D eigenvalue weighted by molar-refractivity contribution is 0.0293. The molecular formula is C18H26FNO. The fourth-order valence-corrected chi connectivity index (χ4v) is 4.44. The van der Waals surface area contributed by atoms with Gasteiger partial charge >= 0.3 is 0 Å². The quantitative estimate of drug-likeness (QED) is 0.893. The van der Waals surface area contributed by atoms with Crippen LogP contribution in [-0.4, -0.2) is 6.10 Å². The van der Waals surface area contributed by atoms with E-state index in [1.54, 1.807) is 6.07 Å². The van der Waals surface area contributed by atoms with Crippen LogP contribution in [0.3, 0.4) is 0 Å². The molecule has 2 aliphatic carbocycles. The van der Waals surface area contributed by atoms with Crippen molar-refractivity contribution in [2.45, 2.75) is 59.1 Å². The van der Waals surface area contributed by atoms with E-state index in [-0.39, 0.29) is 23.4 Å². The van der Waals surface area contributed by atoms with Gasteiger partial charge in [0.1, 0.15) is 17.7 Å². The monoisotopic (exact) mass is 291 g/mol. The van der Waals surface area contributed by atoms with Gasteiger partial charge in [0.25, 0.3) is 0 Å². The Bertz CT molecular complexity index is 554. The molecule has 3 unspecified atom stereocenters. The minimum Gasteiger partial charge on any atom is -0.489 e. The van der Waals surface area contributed by atoms with Gasteiger partial charge in [0, 0.05) is 17.0 Å². The molecule has 4 atom stereocenters. The average molecular weight is 291 g/mol. The number of halogens is 1. The molecular weight excluding hydrogens is 265 g/mol. The summed E-state index contributed by atoms with van der Waals surface area (Å²) in [6.07, 6.45) is 3.81. The van der Waals surface area contributed by atoms with Crippen molar-refractivity contribution >= 4 is 0 Å². The molecule has 0 radical (unpaired) electrons. The van der Waals surface area contributed by atoms with E-state index in [1.807, 2.05) is 6.92 Å². The van der Waals surface area contributed by atoms with Crippen LogP contribution >= 0.6 is 0 Å². The summed E-state index contributed by atoms with van der Waals surface area (Å²) in [6.45, 7) is 8.95. The molecule has 0 heterocycles. The Kier molecular flexibility index (Phi) is 3.32. The van der Waals surface area contributed by atoms with Crippen molar-refractivity contribution in [1.82, 2.24) is 0 Å². The molecule has 0 aromatic heterocycles. The molecule has 2 nitrogen and oxygen atoms in total. The molecule has 3 rings (SSSR count). The van der Waals surface area contributed by atoms with Crippen LogP contribution in [0.4, 0.5) is 4.39 Å². The predicted octanol–water partition coefficient (Wildman–Crippen LogP) is 4.44. The summed E-state index contributed by atoms with van der Waals surface area (Å²) < 4.78 is 19.8. The molecule has 2 aliphatic rings. The van der Waals surface area contributed by atoms with Crippen molar-refractivity contribution < 1.29 is 9.13 Å². The van der Waals surface area contributed by atoms with Gasteiger partial charge in [0.05, 0.1) is 0 Å². The largest absolute Gasteiger partial charge is 0.489 e. The number of hydrogen-bond acceptors (Lipinski definition) is 2. The molecule has 3 heteroatoms. The lowest BCUT2D eigenvalue weighted by Crippen LogP contribution is -2.39. The van der Waals surface area contributed by atoms with E-state index >= 15 is 0 Å². The highest BCUT2D eigenvalue weighted by atomic mass is 19.1. The molecule has 1 aromatic carbocycles. The number of nitrogens with two attached hydrogens (primary N) is 1. The molecule has 2 saturated carbocycles. The number of benzene rings is 1. The van der Waals surface area contributed by atoms with E-state index in [9.17, 15) is 4.39 Å². The van der Waals surface area contributed by atoms with Crippen LogP contribution in [-0.2, 0) is 0 Å². The third-order valence-electron chi connectivity index (χ3n) is 6.45. The van der Waals surface area contributed by atoms with Gasteiger partial charge in [-0.25, -0.2) is 4.39 Å². The van der Waals surface area contributed by atoms with Gasteiger partial charge in [-0.3, -0.25) is 0 Å². The Morgan fingerprint density at radius 3 is 2.57 bits per heavy atom. The zero-order valence-electron chi connectivity index (χ0n) is 13.4. The van der Waals surface area contributed by atoms with Crippen LogP contribution in [0.15, 0.2) is 18.2 Å². The first kappa shape index (κ1) is 14.8. The van der Waals surface area contributed by atoms with Gasteiger partial charge in [-0.2, -0.15) is 0 Å². The Balaban J connectivity index is 1.89. The van der Waals surface area contributed by atoms with Crippen molar-refractivity contribution in [3.05, 3.63) is 29.6 Å². The predicted molar refractivity (Wildman–Crippen MR) is 82.6 cm³/mol. The number of hydrogen-bond donors (Lipinski definition) is 1. The van der Waals surface area contributed by atoms with E-state index in [1.165, 1.54) is 25.0 Å². The highest BCUT2D eigenvalue weighted by Gasteiger charge is 2.62. The Hall–Kier alpha value is -1.09. The molecule has 2 bridgehead atoms. The molecule has 0 saturated heterocycles. The fourth-order valence-electron chi connectivity index (χ4n) is 4.44. The Labute approximate surface area is 126 Å². The normalized spacial score (nSPS) is 35.0. The molecule has 2 N–H and O–H groups in total. The summed E-state index contributed by atoms with van der Waals surface area (Å²) in [5.74, 6) is 1.22. The van der Waals surface area contributed by atoms with Gasteiger partial charge in [-0.05, 0) is 55.7 Å². The third-order valence-corrected chi connectivity index (χ3v) is 6.45. The van der Waals surface area contributed by atoms with Crippen LogP contribution in [0.2, 0.25) is 0 Å². The maximum atomic E-state index is 13.5. The van der Waals surface area contributed by atoms with E-state index in [2.05, 4.69) is 20.8 Å². The van der Waals surface area contributed by atoms with Crippen LogP contribution in [0.5, 0.6) is 5.75 Å². The lowest BCUT2D eigenvalue weighted by Gasteiger charge is -2.39. The summed E-state index contributed by atoms with van der Waals surface area (Å²) in [6, 6.07) is 4.47. The summed E-state index contributed by atoms with van der Waals surface area (Å²) in [5.41, 5.74) is 7.24. The first-order valence-electron chi connectivity index (χ1n) is 7.97. The van der Waals surface area contributed by atoms with Crippen LogP contribution < -0.4 is 10.5 Å². The third kappa shape index (κ3) is 2.09. The second-order valence-electron chi connectivity index (χ2n) is 7.69. The number of fused-ring (bicyclic) bond motifs is 2. The smallest absolute Gasteiger partial charge is 0.124 e. The van der Waals surface area contributed by atoms with Crippen molar-refractivity contribution in [2.75, 3.05) is 0 Å². The van der Waals surface area contributed by atoms with Gasteiger partial charge in [-0.15, -0.1) is 0 Å². The zero-order valence-corrected chi connectivity index (χ0v) is 13.4. The highest BCUT2D eigenvalue weighted by Crippen LogP contribution is 2.66. The fraction of sp³-hybridized carbons (Fsp3) is 0.667. The zero-order chi connectivity index (χ0) is 15.4. The molecule has 0 amide bonds. The standard InChI is InChI=1S/C18H26FNO/c1-11(20)14-10-13(19)5-6-15(14)21-16-9-12-7-8-18(16,4)17(12,2)3/h5-6,10-12,16H,7-9,20H2,1-4H3/t11-,12?,16?,18?/m1/s1. The van der Waals surface area contributed by atoms with E-state index in [0.717, 1.165) is 23.7 Å². The molecule has 21 heavy (non-hydrogen) atoms. The van der Waals surface area contributed by atoms with Gasteiger partial charge in [0.2, 0.25) is 0 Å². The molecule has 116 valence electrons. The first-order chi connectivity index (χ1) is 9.75. The van der Waals surface area contributed by atoms with E-state index in [0.29, 0.717) is 5.41 Å².